The SMILES string of the molecule is CCN(CC(=O)Nc1c(F)cccc1F)C(=O)Cc1c(C)[nH]c2ccc(F)cc12. The topological polar surface area (TPSA) is 65.2 Å². The first-order chi connectivity index (χ1) is 13.8. The highest BCUT2D eigenvalue weighted by atomic mass is 19.1. The molecule has 0 atom stereocenters. The minimum atomic E-state index is -0.899. The first kappa shape index (κ1) is 20.4. The molecule has 0 aliphatic heterocycles. The van der Waals surface area contributed by atoms with Gasteiger partial charge < -0.3 is 15.2 Å². The number of H-pyrrole nitrogens is 1. The van der Waals surface area contributed by atoms with Crippen molar-refractivity contribution in [3.63, 3.8) is 0 Å². The zero-order valence-corrected chi connectivity index (χ0v) is 16.0. The van der Waals surface area contributed by atoms with Crippen LogP contribution in [0.4, 0.5) is 18.9 Å². The Hall–Kier alpha value is -3.29. The molecule has 0 radical (unpaired) electrons. The summed E-state index contributed by atoms with van der Waals surface area (Å²) >= 11 is 0. The Morgan fingerprint density at radius 3 is 2.45 bits per heavy atom. The van der Waals surface area contributed by atoms with Crippen LogP contribution in [0.25, 0.3) is 10.9 Å². The number of carbonyl (C=O) groups is 2. The van der Waals surface area contributed by atoms with E-state index in [0.29, 0.717) is 16.5 Å². The summed E-state index contributed by atoms with van der Waals surface area (Å²) < 4.78 is 41.0. The van der Waals surface area contributed by atoms with Gasteiger partial charge in [0.1, 0.15) is 23.1 Å². The lowest BCUT2D eigenvalue weighted by molar-refractivity contribution is -0.133. The first-order valence-electron chi connectivity index (χ1n) is 9.08. The minimum absolute atomic E-state index is 0.0372. The third-order valence-corrected chi connectivity index (χ3v) is 4.71. The second-order valence-corrected chi connectivity index (χ2v) is 6.65. The Labute approximate surface area is 165 Å². The maximum absolute atomic E-state index is 13.7. The van der Waals surface area contributed by atoms with Crippen molar-refractivity contribution in [2.45, 2.75) is 20.3 Å². The molecule has 152 valence electrons. The van der Waals surface area contributed by atoms with Gasteiger partial charge in [0.05, 0.1) is 13.0 Å². The molecule has 3 aromatic rings. The molecular formula is C21H20F3N3O2. The number of nitrogens with one attached hydrogen (secondary N) is 2. The van der Waals surface area contributed by atoms with Crippen LogP contribution in [-0.2, 0) is 16.0 Å². The fourth-order valence-electron chi connectivity index (χ4n) is 3.19. The number of aryl methyl sites for hydroxylation is 1. The van der Waals surface area contributed by atoms with E-state index in [2.05, 4.69) is 10.3 Å². The van der Waals surface area contributed by atoms with E-state index in [1.165, 1.54) is 23.1 Å². The van der Waals surface area contributed by atoms with E-state index in [1.807, 2.05) is 0 Å². The van der Waals surface area contributed by atoms with Crippen LogP contribution in [-0.4, -0.2) is 34.8 Å². The van der Waals surface area contributed by atoms with Gasteiger partial charge in [-0.2, -0.15) is 0 Å². The van der Waals surface area contributed by atoms with Gasteiger partial charge in [0, 0.05) is 23.1 Å². The number of nitrogens with zero attached hydrogens (tertiary/aromatic N) is 1. The van der Waals surface area contributed by atoms with Gasteiger partial charge in [-0.3, -0.25) is 9.59 Å². The van der Waals surface area contributed by atoms with Crippen LogP contribution in [0.2, 0.25) is 0 Å². The van der Waals surface area contributed by atoms with Gasteiger partial charge in [0.2, 0.25) is 11.8 Å². The van der Waals surface area contributed by atoms with Crippen LogP contribution < -0.4 is 5.32 Å². The second kappa shape index (κ2) is 8.38. The van der Waals surface area contributed by atoms with E-state index in [9.17, 15) is 22.8 Å². The summed E-state index contributed by atoms with van der Waals surface area (Å²) in [6, 6.07) is 7.52. The summed E-state index contributed by atoms with van der Waals surface area (Å²) in [6.07, 6.45) is -0.0372. The van der Waals surface area contributed by atoms with Crippen LogP contribution in [0, 0.1) is 24.4 Å². The van der Waals surface area contributed by atoms with Crippen molar-refractivity contribution in [2.24, 2.45) is 0 Å². The van der Waals surface area contributed by atoms with E-state index in [0.717, 1.165) is 17.8 Å². The number of carbonyl (C=O) groups excluding carboxylic acids is 2. The highest BCUT2D eigenvalue weighted by Gasteiger charge is 2.20. The van der Waals surface area contributed by atoms with Crippen molar-refractivity contribution >= 4 is 28.4 Å². The molecule has 3 rings (SSSR count). The largest absolute Gasteiger partial charge is 0.358 e. The molecule has 0 saturated carbocycles. The average Bonchev–Trinajstić information content (AvgIpc) is 2.97. The third-order valence-electron chi connectivity index (χ3n) is 4.71. The number of anilines is 1. The number of benzene rings is 2. The number of aromatic amines is 1. The summed E-state index contributed by atoms with van der Waals surface area (Å²) in [5, 5.41) is 2.77. The third kappa shape index (κ3) is 4.42. The lowest BCUT2D eigenvalue weighted by Gasteiger charge is -2.20. The number of aromatic nitrogens is 1. The van der Waals surface area contributed by atoms with Gasteiger partial charge in [0.15, 0.2) is 0 Å². The average molecular weight is 403 g/mol. The van der Waals surface area contributed by atoms with Crippen molar-refractivity contribution < 1.29 is 22.8 Å². The summed E-state index contributed by atoms with van der Waals surface area (Å²) in [5.74, 6) is -3.28. The molecule has 0 aliphatic carbocycles. The van der Waals surface area contributed by atoms with Crippen LogP contribution in [0.1, 0.15) is 18.2 Å². The number of hydrogen-bond acceptors (Lipinski definition) is 2. The molecule has 2 amide bonds. The van der Waals surface area contributed by atoms with Gasteiger partial charge in [0.25, 0.3) is 0 Å². The van der Waals surface area contributed by atoms with Gasteiger partial charge in [-0.15, -0.1) is 0 Å². The highest BCUT2D eigenvalue weighted by Crippen LogP contribution is 2.24. The van der Waals surface area contributed by atoms with Crippen molar-refractivity contribution in [1.82, 2.24) is 9.88 Å². The predicted molar refractivity (Wildman–Crippen MR) is 104 cm³/mol. The van der Waals surface area contributed by atoms with Crippen molar-refractivity contribution in [3.05, 3.63) is 65.1 Å². The van der Waals surface area contributed by atoms with E-state index in [-0.39, 0.29) is 25.4 Å². The number of para-hydroxylation sites is 1. The molecule has 0 aliphatic rings. The fraction of sp³-hybridized carbons (Fsp3) is 0.238. The maximum atomic E-state index is 13.7. The van der Waals surface area contributed by atoms with Gasteiger partial charge in [-0.05, 0) is 49.7 Å². The van der Waals surface area contributed by atoms with Crippen LogP contribution >= 0.6 is 0 Å². The molecule has 1 heterocycles. The number of fused-ring (bicyclic) bond motifs is 1. The molecule has 2 aromatic carbocycles. The molecule has 0 bridgehead atoms. The smallest absolute Gasteiger partial charge is 0.244 e. The van der Waals surface area contributed by atoms with Gasteiger partial charge in [-0.25, -0.2) is 13.2 Å². The van der Waals surface area contributed by atoms with Gasteiger partial charge in [-0.1, -0.05) is 6.07 Å². The molecule has 0 unspecified atom stereocenters. The van der Waals surface area contributed by atoms with E-state index < -0.39 is 29.0 Å². The lowest BCUT2D eigenvalue weighted by atomic mass is 10.1. The van der Waals surface area contributed by atoms with Crippen molar-refractivity contribution in [3.8, 4) is 0 Å². The molecule has 0 spiro atoms. The van der Waals surface area contributed by atoms with Crippen LogP contribution in [0.15, 0.2) is 36.4 Å². The van der Waals surface area contributed by atoms with Crippen molar-refractivity contribution in [1.29, 1.82) is 0 Å². The first-order valence-corrected chi connectivity index (χ1v) is 9.08. The molecule has 0 fully saturated rings. The predicted octanol–water partition coefficient (Wildman–Crippen LogP) is 3.92. The standard InChI is InChI=1S/C21H20F3N3O2/c1-3-27(11-19(28)26-21-16(23)5-4-6-17(21)24)20(29)10-14-12(2)25-18-8-7-13(22)9-15(14)18/h4-9,25H,3,10-11H2,1-2H3,(H,26,28). The number of likely N-dealkylation sites (N-methyl/N-ethyl adjacent to an activating group) is 1. The Balaban J connectivity index is 1.73. The van der Waals surface area contributed by atoms with Crippen molar-refractivity contribution in [2.75, 3.05) is 18.4 Å². The van der Waals surface area contributed by atoms with E-state index in [1.54, 1.807) is 19.9 Å². The molecule has 29 heavy (non-hydrogen) atoms. The molecule has 8 heteroatoms. The van der Waals surface area contributed by atoms with Crippen LogP contribution in [0.3, 0.4) is 0 Å². The van der Waals surface area contributed by atoms with E-state index in [4.69, 9.17) is 0 Å². The van der Waals surface area contributed by atoms with E-state index >= 15 is 0 Å². The number of rotatable bonds is 6. The Kier molecular flexibility index (Phi) is 5.91. The maximum Gasteiger partial charge on any atom is 0.244 e. The molecule has 2 N–H and O–H groups in total. The Bertz CT molecular complexity index is 1060. The van der Waals surface area contributed by atoms with Crippen LogP contribution in [0.5, 0.6) is 0 Å². The molecule has 5 nitrogen and oxygen atoms in total. The Morgan fingerprint density at radius 1 is 1.10 bits per heavy atom. The van der Waals surface area contributed by atoms with Gasteiger partial charge >= 0.3 is 0 Å². The second-order valence-electron chi connectivity index (χ2n) is 6.65. The summed E-state index contributed by atoms with van der Waals surface area (Å²) in [7, 11) is 0. The lowest BCUT2D eigenvalue weighted by Crippen LogP contribution is -2.39. The Morgan fingerprint density at radius 2 is 1.79 bits per heavy atom. The fourth-order valence-corrected chi connectivity index (χ4v) is 3.19. The zero-order chi connectivity index (χ0) is 21.1. The number of halogens is 3. The molecule has 0 saturated heterocycles. The number of hydrogen-bond donors (Lipinski definition) is 2. The summed E-state index contributed by atoms with van der Waals surface area (Å²) in [5.41, 5.74) is 1.53. The highest BCUT2D eigenvalue weighted by molar-refractivity contribution is 5.96. The quantitative estimate of drug-likeness (QED) is 0.655. The summed E-state index contributed by atoms with van der Waals surface area (Å²) in [4.78, 5) is 29.3. The molecular weight excluding hydrogens is 383 g/mol. The monoisotopic (exact) mass is 403 g/mol. The zero-order valence-electron chi connectivity index (χ0n) is 16.0. The molecule has 1 aromatic heterocycles. The number of amides is 2. The normalized spacial score (nSPS) is 10.9. The minimum Gasteiger partial charge on any atom is -0.358 e. The summed E-state index contributed by atoms with van der Waals surface area (Å²) in [6.45, 7) is 3.34.